The van der Waals surface area contributed by atoms with E-state index in [0.717, 1.165) is 23.7 Å². The Morgan fingerprint density at radius 3 is 2.54 bits per heavy atom. The highest BCUT2D eigenvalue weighted by Crippen LogP contribution is 2.68. The molecule has 4 saturated carbocycles. The third kappa shape index (κ3) is 2.12. The van der Waals surface area contributed by atoms with Gasteiger partial charge in [-0.3, -0.25) is 4.90 Å². The molecule has 6 fully saturated rings. The first-order valence-electron chi connectivity index (χ1n) is 11.6. The van der Waals surface area contributed by atoms with E-state index in [2.05, 4.69) is 18.7 Å². The van der Waals surface area contributed by atoms with Gasteiger partial charge in [0.1, 0.15) is 0 Å². The molecular weight excluding hydrogens is 322 g/mol. The van der Waals surface area contributed by atoms with Crippen molar-refractivity contribution in [3.8, 4) is 0 Å². The molecule has 6 aliphatic rings. The van der Waals surface area contributed by atoms with Crippen molar-refractivity contribution in [1.29, 1.82) is 0 Å². The number of aliphatic hydroxyl groups is 1. The molecule has 0 bridgehead atoms. The summed E-state index contributed by atoms with van der Waals surface area (Å²) in [6.45, 7) is 7.51. The minimum atomic E-state index is -0.0976. The van der Waals surface area contributed by atoms with Crippen LogP contribution in [0, 0.1) is 34.5 Å². The third-order valence-corrected chi connectivity index (χ3v) is 10.5. The molecule has 0 amide bonds. The van der Waals surface area contributed by atoms with Crippen molar-refractivity contribution in [3.05, 3.63) is 0 Å². The first-order valence-corrected chi connectivity index (χ1v) is 11.6. The van der Waals surface area contributed by atoms with Crippen LogP contribution in [0.3, 0.4) is 0 Å². The lowest BCUT2D eigenvalue weighted by molar-refractivity contribution is -0.119. The van der Waals surface area contributed by atoms with E-state index in [0.29, 0.717) is 23.7 Å². The molecule has 0 aromatic heterocycles. The molecule has 2 heterocycles. The smallest absolute Gasteiger partial charge is 0.0847 e. The summed E-state index contributed by atoms with van der Waals surface area (Å²) in [6, 6.07) is 0.444. The molecule has 2 aliphatic heterocycles. The molecule has 0 aromatic carbocycles. The van der Waals surface area contributed by atoms with Crippen LogP contribution in [0.5, 0.6) is 0 Å². The Hall–Kier alpha value is -0.120. The van der Waals surface area contributed by atoms with Gasteiger partial charge in [0.2, 0.25) is 0 Å². The molecule has 2 saturated heterocycles. The number of epoxide rings is 1. The molecule has 0 spiro atoms. The lowest BCUT2D eigenvalue weighted by Crippen LogP contribution is -2.54. The molecule has 0 unspecified atom stereocenters. The van der Waals surface area contributed by atoms with Gasteiger partial charge in [-0.15, -0.1) is 0 Å². The van der Waals surface area contributed by atoms with E-state index in [1.165, 1.54) is 70.9 Å². The molecule has 3 nitrogen and oxygen atoms in total. The SMILES string of the molecule is C[C@]12C[C@H]3O[C@H]3C[C@@H]1CC[C@@H]1[C@@H]2CC[C@]2(C)[C@H](O)[C@@H](N3CCCC3)C[C@@H]12. The van der Waals surface area contributed by atoms with Crippen LogP contribution in [-0.4, -0.2) is 47.4 Å². The predicted octanol–water partition coefficient (Wildman–Crippen LogP) is 3.84. The number of nitrogens with zero attached hydrogens (tertiary/aromatic N) is 1. The molecule has 0 radical (unpaired) electrons. The van der Waals surface area contributed by atoms with Gasteiger partial charge in [0, 0.05) is 6.04 Å². The van der Waals surface area contributed by atoms with Crippen molar-refractivity contribution in [3.63, 3.8) is 0 Å². The number of rotatable bonds is 1. The first kappa shape index (κ1) is 16.8. The fourth-order valence-electron chi connectivity index (χ4n) is 8.93. The van der Waals surface area contributed by atoms with Crippen LogP contribution in [0.25, 0.3) is 0 Å². The van der Waals surface area contributed by atoms with Gasteiger partial charge in [-0.05, 0) is 105 Å². The summed E-state index contributed by atoms with van der Waals surface area (Å²) in [5.74, 6) is 3.39. The highest BCUT2D eigenvalue weighted by Gasteiger charge is 2.65. The van der Waals surface area contributed by atoms with Crippen LogP contribution < -0.4 is 0 Å². The quantitative estimate of drug-likeness (QED) is 0.723. The summed E-state index contributed by atoms with van der Waals surface area (Å²) in [5, 5.41) is 11.4. The van der Waals surface area contributed by atoms with Crippen LogP contribution in [0.2, 0.25) is 0 Å². The Bertz CT molecular complexity index is 589. The Kier molecular flexibility index (Phi) is 3.54. The normalized spacial score (nSPS) is 61.5. The van der Waals surface area contributed by atoms with E-state index in [4.69, 9.17) is 4.74 Å². The van der Waals surface area contributed by atoms with E-state index in [-0.39, 0.29) is 11.5 Å². The van der Waals surface area contributed by atoms with Crippen molar-refractivity contribution in [1.82, 2.24) is 4.90 Å². The van der Waals surface area contributed by atoms with Gasteiger partial charge < -0.3 is 9.84 Å². The Morgan fingerprint density at radius 2 is 1.73 bits per heavy atom. The molecule has 3 heteroatoms. The Morgan fingerprint density at radius 1 is 0.923 bits per heavy atom. The summed E-state index contributed by atoms with van der Waals surface area (Å²) in [4.78, 5) is 2.64. The maximum atomic E-state index is 11.4. The van der Waals surface area contributed by atoms with E-state index in [1.807, 2.05) is 0 Å². The average molecular weight is 360 g/mol. The second-order valence-electron chi connectivity index (χ2n) is 11.3. The maximum absolute atomic E-state index is 11.4. The molecule has 1 N–H and O–H groups in total. The molecule has 0 aromatic rings. The number of aliphatic hydroxyl groups excluding tert-OH is 1. The number of hydrogen-bond acceptors (Lipinski definition) is 3. The Balaban J connectivity index is 1.29. The molecule has 6 rings (SSSR count). The molecule has 10 atom stereocenters. The summed E-state index contributed by atoms with van der Waals surface area (Å²) in [7, 11) is 0. The minimum Gasteiger partial charge on any atom is -0.391 e. The first-order chi connectivity index (χ1) is 12.5. The fraction of sp³-hybridized carbons (Fsp3) is 1.00. The lowest BCUT2D eigenvalue weighted by Gasteiger charge is -2.59. The van der Waals surface area contributed by atoms with Crippen LogP contribution in [0.4, 0.5) is 0 Å². The highest BCUT2D eigenvalue weighted by atomic mass is 16.6. The molecule has 26 heavy (non-hydrogen) atoms. The number of ether oxygens (including phenoxy) is 1. The maximum Gasteiger partial charge on any atom is 0.0847 e. The summed E-state index contributed by atoms with van der Waals surface area (Å²) >= 11 is 0. The van der Waals surface area contributed by atoms with Crippen LogP contribution >= 0.6 is 0 Å². The van der Waals surface area contributed by atoms with Gasteiger partial charge in [-0.1, -0.05) is 13.8 Å². The summed E-state index contributed by atoms with van der Waals surface area (Å²) in [6.07, 6.45) is 13.1. The second-order valence-corrected chi connectivity index (χ2v) is 11.3. The van der Waals surface area contributed by atoms with Crippen molar-refractivity contribution in [2.24, 2.45) is 34.5 Å². The lowest BCUT2D eigenvalue weighted by atomic mass is 9.45. The van der Waals surface area contributed by atoms with Crippen molar-refractivity contribution >= 4 is 0 Å². The van der Waals surface area contributed by atoms with Crippen molar-refractivity contribution in [2.75, 3.05) is 13.1 Å². The standard InChI is InChI=1S/C23H37NO2/c1-22-8-7-16-15(6-5-14-11-19-20(26-19)13-23(14,16)2)17(22)12-18(21(22)25)24-9-3-4-10-24/h14-21,25H,3-13H2,1-2H3/t14-,15+,16-,17-,18-,19-,20+,21+,22-,23-/m0/s1. The number of hydrogen-bond donors (Lipinski definition) is 1. The van der Waals surface area contributed by atoms with E-state index in [1.54, 1.807) is 0 Å². The van der Waals surface area contributed by atoms with E-state index < -0.39 is 0 Å². The molecule has 146 valence electrons. The minimum absolute atomic E-state index is 0.0976. The van der Waals surface area contributed by atoms with Crippen molar-refractivity contribution in [2.45, 2.75) is 96.0 Å². The zero-order valence-electron chi connectivity index (χ0n) is 16.7. The Labute approximate surface area is 158 Å². The van der Waals surface area contributed by atoms with Gasteiger partial charge >= 0.3 is 0 Å². The highest BCUT2D eigenvalue weighted by molar-refractivity contribution is 5.15. The number of likely N-dealkylation sites (tertiary alicyclic amines) is 1. The predicted molar refractivity (Wildman–Crippen MR) is 102 cm³/mol. The van der Waals surface area contributed by atoms with Gasteiger partial charge in [-0.2, -0.15) is 0 Å². The van der Waals surface area contributed by atoms with Gasteiger partial charge in [-0.25, -0.2) is 0 Å². The van der Waals surface area contributed by atoms with Crippen LogP contribution in [0.15, 0.2) is 0 Å². The van der Waals surface area contributed by atoms with Crippen molar-refractivity contribution < 1.29 is 9.84 Å². The van der Waals surface area contributed by atoms with Gasteiger partial charge in [0.05, 0.1) is 18.3 Å². The monoisotopic (exact) mass is 359 g/mol. The van der Waals surface area contributed by atoms with Crippen LogP contribution in [0.1, 0.15) is 71.6 Å². The van der Waals surface area contributed by atoms with Gasteiger partial charge in [0.15, 0.2) is 0 Å². The van der Waals surface area contributed by atoms with Gasteiger partial charge in [0.25, 0.3) is 0 Å². The van der Waals surface area contributed by atoms with E-state index >= 15 is 0 Å². The average Bonchev–Trinajstić information content (AvgIpc) is 3.02. The summed E-state index contributed by atoms with van der Waals surface area (Å²) < 4.78 is 5.98. The van der Waals surface area contributed by atoms with Crippen LogP contribution in [-0.2, 0) is 4.74 Å². The zero-order chi connectivity index (χ0) is 17.7. The zero-order valence-corrected chi connectivity index (χ0v) is 16.7. The fourth-order valence-corrected chi connectivity index (χ4v) is 8.93. The number of fused-ring (bicyclic) bond motifs is 6. The molecular formula is C23H37NO2. The summed E-state index contributed by atoms with van der Waals surface area (Å²) in [5.41, 5.74) is 0.684. The molecule has 4 aliphatic carbocycles. The third-order valence-electron chi connectivity index (χ3n) is 10.5. The largest absolute Gasteiger partial charge is 0.391 e. The topological polar surface area (TPSA) is 36.0 Å². The van der Waals surface area contributed by atoms with E-state index in [9.17, 15) is 5.11 Å². The second kappa shape index (κ2) is 5.48.